The molecule has 32 heteroatoms. The number of carbonyl (C=O) groups excluding carboxylic acids is 1. The Morgan fingerprint density at radius 2 is 1.40 bits per heavy atom. The van der Waals surface area contributed by atoms with Crippen LogP contribution >= 0.6 is 11.6 Å². The number of carboxylic acids is 2. The van der Waals surface area contributed by atoms with Gasteiger partial charge in [-0.25, -0.2) is 20.3 Å². The number of hydrazine groups is 1. The molecule has 1 aliphatic carbocycles. The largest absolute Gasteiger partial charge is 1.00 e. The molecule has 3 aromatic carbocycles. The summed E-state index contributed by atoms with van der Waals surface area (Å²) < 4.78 is 102. The molecule has 0 saturated carbocycles. The predicted molar refractivity (Wildman–Crippen MR) is 215 cm³/mol. The van der Waals surface area contributed by atoms with E-state index in [0.29, 0.717) is 17.7 Å². The van der Waals surface area contributed by atoms with E-state index in [9.17, 15) is 63.5 Å². The smallest absolute Gasteiger partial charge is 0.478 e. The molecule has 0 spiro atoms. The summed E-state index contributed by atoms with van der Waals surface area (Å²) in [7, 11) is -14.6. The number of aromatic nitrogens is 4. The maximum Gasteiger partial charge on any atom is 1.00 e. The van der Waals surface area contributed by atoms with Crippen LogP contribution in [-0.2, 0) is 52.2 Å². The molecular weight excluding hydrogens is 1050 g/mol. The van der Waals surface area contributed by atoms with E-state index in [1.54, 1.807) is 18.2 Å². The van der Waals surface area contributed by atoms with Crippen LogP contribution in [0.3, 0.4) is 0 Å². The van der Waals surface area contributed by atoms with E-state index in [1.165, 1.54) is 30.5 Å². The number of halogens is 1. The van der Waals surface area contributed by atoms with Crippen molar-refractivity contribution < 1.29 is 179 Å². The SMILES string of the molecule is O=C1C(N=NC(NNc2cc(S(=O)(=O)O)ccc2C(=O)O)c2ccccc2)=CC(S(=O)(=O)O)=CC1=Nc1nc(Nc2cc(S(=O)(=O)O)ccc2Cl)[nH+]c(-[n+]2cccc(C(=O)O)c2)n1.[Cu].[Na+].[Na+].[Na+]. The van der Waals surface area contributed by atoms with Crippen molar-refractivity contribution in [2.24, 2.45) is 15.2 Å². The number of aromatic carboxylic acids is 2. The maximum absolute atomic E-state index is 13.9. The summed E-state index contributed by atoms with van der Waals surface area (Å²) in [6.45, 7) is 0. The number of nitrogens with zero attached hydrogens (tertiary/aromatic N) is 6. The number of Topliss-reactive ketones (excluding diaryl/α,β-unsaturated/α-hetero) is 1. The van der Waals surface area contributed by atoms with E-state index in [4.69, 9.17) is 11.6 Å². The third-order valence-corrected chi connectivity index (χ3v) is 11.1. The van der Waals surface area contributed by atoms with Gasteiger partial charge < -0.3 is 15.6 Å². The predicted octanol–water partition coefficient (Wildman–Crippen LogP) is -6.06. The standard InChI is InChI=1S/C35H25ClN10O14S3.Cu.3Na/c36-24-11-9-21(62(55,56)57)14-26(24)37-33-39-34(41-35(40-33)46-12-4-7-19(17-46)31(48)49)38-27-15-22(63(58,59)60)16-28(29(27)47)43-45-30(18-5-2-1-3-6-18)44-42-25-13-20(61(52,53)54)8-10-23(25)32(50)51;;;;/h1-17,30,42,44H,(H5-,37,39,40,41,48,49,50,51,52,53,54,55,56,57,58,59,60);;;;/q;;3*+1/p+2. The third kappa shape index (κ3) is 15.6. The number of nitrogens with one attached hydrogen (secondary N) is 4. The Morgan fingerprint density at radius 1 is 0.776 bits per heavy atom. The number of anilines is 3. The molecule has 1 atom stereocenters. The first-order valence-electron chi connectivity index (χ1n) is 17.0. The molecule has 335 valence electrons. The second-order valence-corrected chi connectivity index (χ2v) is 17.2. The molecule has 0 aliphatic heterocycles. The van der Waals surface area contributed by atoms with Crippen LogP contribution in [0.2, 0.25) is 5.02 Å². The Balaban J connectivity index is 0.00000385. The number of ketones is 1. The molecule has 9 N–H and O–H groups in total. The minimum atomic E-state index is -5.11. The van der Waals surface area contributed by atoms with E-state index in [-0.39, 0.29) is 140 Å². The average molecular weight is 1080 g/mol. The van der Waals surface area contributed by atoms with Crippen molar-refractivity contribution in [2.45, 2.75) is 16.0 Å². The molecule has 24 nitrogen and oxygen atoms in total. The van der Waals surface area contributed by atoms with Gasteiger partial charge in [0, 0.05) is 33.1 Å². The van der Waals surface area contributed by atoms with Crippen LogP contribution in [0.4, 0.5) is 23.3 Å². The molecular formula is C35H27ClCuN10Na3O14S3+5. The summed E-state index contributed by atoms with van der Waals surface area (Å²) >= 11 is 6.27. The summed E-state index contributed by atoms with van der Waals surface area (Å²) in [5.74, 6) is -5.16. The first-order valence-corrected chi connectivity index (χ1v) is 21.7. The van der Waals surface area contributed by atoms with Crippen LogP contribution in [0, 0.1) is 0 Å². The Morgan fingerprint density at radius 3 is 2.00 bits per heavy atom. The summed E-state index contributed by atoms with van der Waals surface area (Å²) in [5.41, 5.74) is 2.75. The van der Waals surface area contributed by atoms with Gasteiger partial charge >= 0.3 is 118 Å². The van der Waals surface area contributed by atoms with Crippen molar-refractivity contribution in [3.05, 3.63) is 136 Å². The Labute approximate surface area is 461 Å². The van der Waals surface area contributed by atoms with Gasteiger partial charge in [0.2, 0.25) is 5.78 Å². The van der Waals surface area contributed by atoms with Gasteiger partial charge in [-0.05, 0) is 60.2 Å². The number of azo groups is 1. The van der Waals surface area contributed by atoms with Crippen LogP contribution in [0.25, 0.3) is 5.95 Å². The number of rotatable bonds is 15. The van der Waals surface area contributed by atoms with Crippen molar-refractivity contribution in [1.82, 2.24) is 15.4 Å². The minimum Gasteiger partial charge on any atom is -0.478 e. The minimum absolute atomic E-state index is 0. The third-order valence-electron chi connectivity index (χ3n) is 8.23. The molecule has 2 aromatic heterocycles. The summed E-state index contributed by atoms with van der Waals surface area (Å²) in [4.78, 5) is 50.6. The zero-order valence-electron chi connectivity index (χ0n) is 34.4. The number of benzene rings is 3. The summed E-state index contributed by atoms with van der Waals surface area (Å²) in [6.07, 6.45) is 2.42. The molecule has 1 radical (unpaired) electrons. The van der Waals surface area contributed by atoms with Crippen molar-refractivity contribution in [2.75, 3.05) is 10.7 Å². The van der Waals surface area contributed by atoms with Crippen LogP contribution in [0.15, 0.2) is 139 Å². The van der Waals surface area contributed by atoms with Crippen molar-refractivity contribution >= 4 is 88.7 Å². The van der Waals surface area contributed by atoms with Gasteiger partial charge in [-0.2, -0.15) is 44.9 Å². The summed E-state index contributed by atoms with van der Waals surface area (Å²) in [5, 5.41) is 29.8. The number of hydrogen-bond donors (Lipinski definition) is 8. The summed E-state index contributed by atoms with van der Waals surface area (Å²) in [6, 6.07) is 16.1. The molecule has 5 aromatic rings. The fourth-order valence-electron chi connectivity index (χ4n) is 5.28. The number of aliphatic imine (C=N–C) groups is 1. The van der Waals surface area contributed by atoms with E-state index < -0.39 is 91.9 Å². The van der Waals surface area contributed by atoms with Crippen molar-refractivity contribution in [1.29, 1.82) is 0 Å². The fourth-order valence-corrected chi connectivity index (χ4v) is 6.98. The van der Waals surface area contributed by atoms with E-state index in [2.05, 4.69) is 46.3 Å². The van der Waals surface area contributed by atoms with Gasteiger partial charge in [0.05, 0.1) is 48.9 Å². The Hall–Kier alpha value is -3.72. The van der Waals surface area contributed by atoms with Crippen LogP contribution < -0.4 is 114 Å². The first kappa shape index (κ1) is 59.4. The van der Waals surface area contributed by atoms with Crippen LogP contribution in [0.1, 0.15) is 32.4 Å². The monoisotopic (exact) mass is 1070 g/mol. The second-order valence-electron chi connectivity index (χ2n) is 12.5. The van der Waals surface area contributed by atoms with Gasteiger partial charge in [-0.3, -0.25) is 18.5 Å². The van der Waals surface area contributed by atoms with Crippen molar-refractivity contribution in [3.63, 3.8) is 0 Å². The zero-order valence-corrected chi connectivity index (χ0v) is 44.5. The molecule has 0 fully saturated rings. The number of carboxylic acid groups (broad SMARTS) is 2. The van der Waals surface area contributed by atoms with Gasteiger partial charge in [0.25, 0.3) is 30.4 Å². The van der Waals surface area contributed by atoms with Gasteiger partial charge in [0.1, 0.15) is 17.1 Å². The van der Waals surface area contributed by atoms with Gasteiger partial charge in [-0.15, -0.1) is 5.11 Å². The second kappa shape index (κ2) is 24.7. The van der Waals surface area contributed by atoms with Crippen LogP contribution in [0.5, 0.6) is 0 Å². The number of allylic oxidation sites excluding steroid dienone is 3. The maximum atomic E-state index is 13.9. The quantitative estimate of drug-likeness (QED) is 0.0121. The average Bonchev–Trinajstić information content (AvgIpc) is 3.21. The van der Waals surface area contributed by atoms with E-state index in [1.807, 2.05) is 0 Å². The Kier molecular flexibility index (Phi) is 21.9. The first-order chi connectivity index (χ1) is 29.6. The molecule has 1 unspecified atom stereocenters. The van der Waals surface area contributed by atoms with Gasteiger partial charge in [0.15, 0.2) is 6.17 Å². The molecule has 67 heavy (non-hydrogen) atoms. The number of H-pyrrole nitrogens is 1. The number of hydrogen-bond acceptors (Lipinski definition) is 17. The van der Waals surface area contributed by atoms with Crippen LogP contribution in [-0.4, -0.2) is 82.5 Å². The normalized spacial score (nSPS) is 13.7. The number of aromatic amines is 1. The van der Waals surface area contributed by atoms with Crippen molar-refractivity contribution in [3.8, 4) is 5.95 Å². The number of carbonyl (C=O) groups is 3. The topological polar surface area (TPSA) is 372 Å². The molecule has 0 amide bonds. The van der Waals surface area contributed by atoms with E-state index in [0.717, 1.165) is 47.2 Å². The van der Waals surface area contributed by atoms with Gasteiger partial charge in [-0.1, -0.05) is 41.9 Å². The zero-order chi connectivity index (χ0) is 45.9. The molecule has 2 heterocycles. The number of pyridine rings is 1. The molecule has 0 saturated heterocycles. The molecule has 0 bridgehead atoms. The molecule has 6 rings (SSSR count). The molecule has 1 aliphatic rings. The Bertz CT molecular complexity index is 3210. The fraction of sp³-hybridized carbons (Fsp3) is 0.0286. The van der Waals surface area contributed by atoms with E-state index >= 15 is 0 Å².